The SMILES string of the molecule is COc1cccc(-n2c(=O)c(C(C)=Nc3ccc([N+](=O)[O-])cc3)c(N)n(Cc3c(F)cccc3C(F)(F)F)c2=O)c1F. The standard InChI is InChI=1S/C27H20F5N5O5/c1-14(34-15-9-11-16(12-10-15)37(40)41)22-24(33)35(13-17-18(27(30,31)32)5-3-6-19(17)28)26(39)36(25(22)38)20-7-4-8-21(42-2)23(20)29/h3-12H,13,33H2,1-2H3. The molecule has 42 heavy (non-hydrogen) atoms. The summed E-state index contributed by atoms with van der Waals surface area (Å²) in [5, 5.41) is 11.0. The van der Waals surface area contributed by atoms with Crippen molar-refractivity contribution in [3.05, 3.63) is 120 Å². The number of non-ortho nitro benzene ring substituents is 1. The van der Waals surface area contributed by atoms with Crippen molar-refractivity contribution in [3.8, 4) is 11.4 Å². The van der Waals surface area contributed by atoms with Crippen molar-refractivity contribution in [2.24, 2.45) is 4.99 Å². The van der Waals surface area contributed by atoms with Gasteiger partial charge in [-0.25, -0.2) is 18.1 Å². The van der Waals surface area contributed by atoms with E-state index in [9.17, 15) is 37.3 Å². The van der Waals surface area contributed by atoms with E-state index in [0.717, 1.165) is 37.4 Å². The molecule has 0 radical (unpaired) electrons. The highest BCUT2D eigenvalue weighted by Crippen LogP contribution is 2.34. The number of alkyl halides is 3. The highest BCUT2D eigenvalue weighted by molar-refractivity contribution is 6.03. The van der Waals surface area contributed by atoms with Gasteiger partial charge >= 0.3 is 11.9 Å². The van der Waals surface area contributed by atoms with Gasteiger partial charge in [0, 0.05) is 17.7 Å². The van der Waals surface area contributed by atoms with Crippen molar-refractivity contribution in [2.45, 2.75) is 19.6 Å². The van der Waals surface area contributed by atoms with E-state index in [4.69, 9.17) is 10.5 Å². The van der Waals surface area contributed by atoms with E-state index in [1.165, 1.54) is 31.2 Å². The number of rotatable bonds is 7. The molecule has 1 aromatic heterocycles. The van der Waals surface area contributed by atoms with Gasteiger partial charge in [0.1, 0.15) is 17.2 Å². The molecule has 4 aromatic rings. The van der Waals surface area contributed by atoms with Crippen LogP contribution >= 0.6 is 0 Å². The van der Waals surface area contributed by atoms with Crippen molar-refractivity contribution in [1.29, 1.82) is 0 Å². The van der Waals surface area contributed by atoms with E-state index in [1.807, 2.05) is 0 Å². The molecule has 2 N–H and O–H groups in total. The van der Waals surface area contributed by atoms with Crippen molar-refractivity contribution in [3.63, 3.8) is 0 Å². The number of aliphatic imine (C=N–C) groups is 1. The second-order valence-corrected chi connectivity index (χ2v) is 8.80. The van der Waals surface area contributed by atoms with Gasteiger partial charge in [-0.05, 0) is 43.3 Å². The molecular weight excluding hydrogens is 569 g/mol. The van der Waals surface area contributed by atoms with E-state index < -0.39 is 68.7 Å². The topological polar surface area (TPSA) is 135 Å². The summed E-state index contributed by atoms with van der Waals surface area (Å²) in [5.41, 5.74) is -0.187. The van der Waals surface area contributed by atoms with Gasteiger partial charge in [-0.1, -0.05) is 12.1 Å². The fourth-order valence-electron chi connectivity index (χ4n) is 4.24. The highest BCUT2D eigenvalue weighted by Gasteiger charge is 2.35. The number of halogens is 5. The molecule has 0 bridgehead atoms. The summed E-state index contributed by atoms with van der Waals surface area (Å²) in [7, 11) is 1.13. The zero-order valence-corrected chi connectivity index (χ0v) is 21.8. The normalized spacial score (nSPS) is 11.9. The number of methoxy groups -OCH3 is 1. The summed E-state index contributed by atoms with van der Waals surface area (Å²) in [6.45, 7) is 0.190. The number of nitrogens with zero attached hydrogens (tertiary/aromatic N) is 4. The number of aromatic nitrogens is 2. The molecule has 0 fully saturated rings. The predicted molar refractivity (Wildman–Crippen MR) is 143 cm³/mol. The van der Waals surface area contributed by atoms with Gasteiger partial charge < -0.3 is 10.5 Å². The van der Waals surface area contributed by atoms with Gasteiger partial charge in [-0.15, -0.1) is 0 Å². The first kappa shape index (κ1) is 29.6. The van der Waals surface area contributed by atoms with Crippen LogP contribution in [0.15, 0.2) is 75.2 Å². The van der Waals surface area contributed by atoms with Crippen LogP contribution in [0, 0.1) is 21.7 Å². The molecule has 0 saturated carbocycles. The van der Waals surface area contributed by atoms with Crippen LogP contribution in [0.3, 0.4) is 0 Å². The van der Waals surface area contributed by atoms with Gasteiger partial charge in [0.05, 0.1) is 41.2 Å². The second kappa shape index (κ2) is 11.3. The highest BCUT2D eigenvalue weighted by atomic mass is 19.4. The number of nitro benzene ring substituents is 1. The monoisotopic (exact) mass is 589 g/mol. The number of hydrogen-bond donors (Lipinski definition) is 1. The Morgan fingerprint density at radius 1 is 1.05 bits per heavy atom. The van der Waals surface area contributed by atoms with E-state index >= 15 is 4.39 Å². The quantitative estimate of drug-likeness (QED) is 0.140. The number of nitro groups is 1. The lowest BCUT2D eigenvalue weighted by Crippen LogP contribution is -2.43. The van der Waals surface area contributed by atoms with Crippen molar-refractivity contribution < 1.29 is 31.6 Å². The van der Waals surface area contributed by atoms with Crippen LogP contribution < -0.4 is 21.7 Å². The molecule has 0 unspecified atom stereocenters. The molecule has 0 amide bonds. The Morgan fingerprint density at radius 3 is 2.29 bits per heavy atom. The first-order chi connectivity index (χ1) is 19.8. The Balaban J connectivity index is 2.04. The van der Waals surface area contributed by atoms with E-state index in [2.05, 4.69) is 4.99 Å². The summed E-state index contributed by atoms with van der Waals surface area (Å²) in [6, 6.07) is 10.5. The number of nitrogens with two attached hydrogens (primary N) is 1. The van der Waals surface area contributed by atoms with Crippen LogP contribution in [0.4, 0.5) is 39.1 Å². The Morgan fingerprint density at radius 2 is 1.69 bits per heavy atom. The lowest BCUT2D eigenvalue weighted by molar-refractivity contribution is -0.384. The summed E-state index contributed by atoms with van der Waals surface area (Å²) < 4.78 is 77.0. The third-order valence-corrected chi connectivity index (χ3v) is 6.25. The summed E-state index contributed by atoms with van der Waals surface area (Å²) in [5.74, 6) is -3.48. The molecule has 0 saturated heterocycles. The molecule has 0 aliphatic rings. The summed E-state index contributed by atoms with van der Waals surface area (Å²) >= 11 is 0. The maximum atomic E-state index is 15.3. The van der Waals surface area contributed by atoms with Crippen LogP contribution in [0.2, 0.25) is 0 Å². The lowest BCUT2D eigenvalue weighted by atomic mass is 10.1. The van der Waals surface area contributed by atoms with Crippen molar-refractivity contribution in [1.82, 2.24) is 9.13 Å². The Bertz CT molecular complexity index is 1850. The third-order valence-electron chi connectivity index (χ3n) is 6.25. The first-order valence-corrected chi connectivity index (χ1v) is 11.9. The van der Waals surface area contributed by atoms with Crippen molar-refractivity contribution >= 4 is 22.9 Å². The Hall–Kier alpha value is -5.34. The first-order valence-electron chi connectivity index (χ1n) is 11.9. The molecule has 3 aromatic carbocycles. The van der Waals surface area contributed by atoms with E-state index in [1.54, 1.807) is 0 Å². The van der Waals surface area contributed by atoms with Gasteiger partial charge in [0.25, 0.3) is 11.2 Å². The number of anilines is 1. The van der Waals surface area contributed by atoms with Gasteiger partial charge in [0.2, 0.25) is 0 Å². The number of nitrogen functional groups attached to an aromatic ring is 1. The molecule has 10 nitrogen and oxygen atoms in total. The molecule has 218 valence electrons. The van der Waals surface area contributed by atoms with Crippen LogP contribution in [-0.4, -0.2) is 26.9 Å². The maximum absolute atomic E-state index is 15.3. The second-order valence-electron chi connectivity index (χ2n) is 8.80. The lowest BCUT2D eigenvalue weighted by Gasteiger charge is -2.20. The van der Waals surface area contributed by atoms with E-state index in [-0.39, 0.29) is 22.8 Å². The smallest absolute Gasteiger partial charge is 0.416 e. The average molecular weight is 589 g/mol. The van der Waals surface area contributed by atoms with Crippen molar-refractivity contribution in [2.75, 3.05) is 12.8 Å². The van der Waals surface area contributed by atoms with Gasteiger partial charge in [0.15, 0.2) is 11.6 Å². The number of hydrogen-bond acceptors (Lipinski definition) is 7. The Kier molecular flexibility index (Phi) is 7.95. The third kappa shape index (κ3) is 5.48. The fraction of sp³-hybridized carbons (Fsp3) is 0.148. The zero-order valence-electron chi connectivity index (χ0n) is 21.8. The average Bonchev–Trinajstić information content (AvgIpc) is 2.92. The van der Waals surface area contributed by atoms with Crippen LogP contribution in [-0.2, 0) is 12.7 Å². The fourth-order valence-corrected chi connectivity index (χ4v) is 4.24. The number of benzene rings is 3. The Labute approximate surface area is 232 Å². The molecular formula is C27H20F5N5O5. The molecule has 4 rings (SSSR count). The predicted octanol–water partition coefficient (Wildman–Crippen LogP) is 4.98. The maximum Gasteiger partial charge on any atom is 0.416 e. The van der Waals surface area contributed by atoms with E-state index in [0.29, 0.717) is 15.2 Å². The van der Waals surface area contributed by atoms with Gasteiger partial charge in [-0.2, -0.15) is 13.2 Å². The minimum Gasteiger partial charge on any atom is -0.494 e. The molecule has 0 atom stereocenters. The zero-order chi connectivity index (χ0) is 30.9. The molecule has 0 aliphatic heterocycles. The molecule has 0 spiro atoms. The van der Waals surface area contributed by atoms with Crippen LogP contribution in [0.1, 0.15) is 23.6 Å². The van der Waals surface area contributed by atoms with Crippen LogP contribution in [0.25, 0.3) is 5.69 Å². The molecule has 0 aliphatic carbocycles. The van der Waals surface area contributed by atoms with Crippen LogP contribution in [0.5, 0.6) is 5.75 Å². The number of ether oxygens (including phenoxy) is 1. The summed E-state index contributed by atoms with van der Waals surface area (Å²) in [6.07, 6.45) is -5.01. The largest absolute Gasteiger partial charge is 0.494 e. The minimum atomic E-state index is -5.01. The van der Waals surface area contributed by atoms with Gasteiger partial charge in [-0.3, -0.25) is 24.5 Å². The molecule has 15 heteroatoms. The summed E-state index contributed by atoms with van der Waals surface area (Å²) in [4.78, 5) is 41.8. The molecule has 1 heterocycles. The minimum absolute atomic E-state index is 0.113.